The normalized spacial score (nSPS) is 11.3. The van der Waals surface area contributed by atoms with Gasteiger partial charge in [-0.1, -0.05) is 0 Å². The highest BCUT2D eigenvalue weighted by Gasteiger charge is 2.21. The molecule has 0 aliphatic rings. The number of aliphatic hydroxyl groups is 1. The van der Waals surface area contributed by atoms with Crippen molar-refractivity contribution < 1.29 is 23.5 Å². The van der Waals surface area contributed by atoms with Crippen LogP contribution in [0.1, 0.15) is 11.5 Å². The molecule has 0 radical (unpaired) electrons. The third-order valence-corrected chi connectivity index (χ3v) is 4.69. The standard InChI is InChI=1S/C18H20FIN4O5/c1-10-22-15-16(29-10)12(8-27-9-21-28-6-5-25)17(24(2)18(15)26)23-14-4-3-11(20)7-13(14)19/h3-4,7,21,23,25H,5-6,8-9H2,1-2H3. The Kier molecular flexibility index (Phi) is 7.18. The topological polar surface area (TPSA) is 111 Å². The molecule has 0 amide bonds. The van der Waals surface area contributed by atoms with Gasteiger partial charge >= 0.3 is 0 Å². The summed E-state index contributed by atoms with van der Waals surface area (Å²) >= 11 is 2.02. The number of rotatable bonds is 9. The fourth-order valence-electron chi connectivity index (χ4n) is 2.71. The number of aliphatic hydroxyl groups excluding tert-OH is 1. The molecule has 0 fully saturated rings. The molecule has 0 saturated carbocycles. The van der Waals surface area contributed by atoms with Crippen molar-refractivity contribution in [1.29, 1.82) is 0 Å². The lowest BCUT2D eigenvalue weighted by Crippen LogP contribution is -2.24. The summed E-state index contributed by atoms with van der Waals surface area (Å²) in [6.07, 6.45) is 0. The van der Waals surface area contributed by atoms with Gasteiger partial charge in [-0.25, -0.2) is 9.37 Å². The van der Waals surface area contributed by atoms with Gasteiger partial charge in [0, 0.05) is 17.5 Å². The number of ether oxygens (including phenoxy) is 1. The van der Waals surface area contributed by atoms with Crippen LogP contribution in [0.25, 0.3) is 11.1 Å². The summed E-state index contributed by atoms with van der Waals surface area (Å²) in [7, 11) is 1.56. The van der Waals surface area contributed by atoms with Gasteiger partial charge in [0.2, 0.25) is 0 Å². The Hall–Kier alpha value is -2.06. The molecule has 0 spiro atoms. The van der Waals surface area contributed by atoms with Crippen molar-refractivity contribution in [1.82, 2.24) is 15.0 Å². The lowest BCUT2D eigenvalue weighted by molar-refractivity contribution is -0.0478. The number of hydroxylamine groups is 1. The van der Waals surface area contributed by atoms with E-state index in [1.807, 2.05) is 22.6 Å². The Morgan fingerprint density at radius 3 is 2.93 bits per heavy atom. The zero-order chi connectivity index (χ0) is 21.0. The second kappa shape index (κ2) is 9.63. The predicted molar refractivity (Wildman–Crippen MR) is 112 cm³/mol. The summed E-state index contributed by atoms with van der Waals surface area (Å²) in [5.74, 6) is 0.208. The van der Waals surface area contributed by atoms with Crippen LogP contribution in [0.5, 0.6) is 0 Å². The maximum atomic E-state index is 14.4. The van der Waals surface area contributed by atoms with Gasteiger partial charge in [0.05, 0.1) is 31.1 Å². The number of aromatic nitrogens is 2. The number of hydrogen-bond donors (Lipinski definition) is 3. The van der Waals surface area contributed by atoms with Crippen LogP contribution >= 0.6 is 22.6 Å². The first-order chi connectivity index (χ1) is 13.9. The number of nitrogens with zero attached hydrogens (tertiary/aromatic N) is 2. The number of halogens is 2. The highest BCUT2D eigenvalue weighted by molar-refractivity contribution is 14.1. The molecule has 0 saturated heterocycles. The first-order valence-electron chi connectivity index (χ1n) is 8.66. The average Bonchev–Trinajstić information content (AvgIpc) is 3.07. The van der Waals surface area contributed by atoms with E-state index in [-0.39, 0.29) is 48.9 Å². The molecule has 0 unspecified atom stereocenters. The first kappa shape index (κ1) is 21.6. The van der Waals surface area contributed by atoms with Crippen LogP contribution in [-0.4, -0.2) is 34.6 Å². The summed E-state index contributed by atoms with van der Waals surface area (Å²) in [6.45, 7) is 1.69. The lowest BCUT2D eigenvalue weighted by atomic mass is 10.2. The second-order valence-corrected chi connectivity index (χ2v) is 7.31. The Labute approximate surface area is 178 Å². The average molecular weight is 518 g/mol. The number of nitrogens with one attached hydrogen (secondary N) is 2. The third-order valence-electron chi connectivity index (χ3n) is 4.02. The summed E-state index contributed by atoms with van der Waals surface area (Å²) in [6, 6.07) is 4.73. The van der Waals surface area contributed by atoms with Crippen LogP contribution < -0.4 is 16.4 Å². The number of benzene rings is 1. The molecule has 9 nitrogen and oxygen atoms in total. The van der Waals surface area contributed by atoms with E-state index in [0.29, 0.717) is 17.3 Å². The van der Waals surface area contributed by atoms with Crippen LogP contribution in [0.3, 0.4) is 0 Å². The molecule has 2 heterocycles. The van der Waals surface area contributed by atoms with Crippen LogP contribution in [0.15, 0.2) is 27.4 Å². The fourth-order valence-corrected chi connectivity index (χ4v) is 3.17. The SMILES string of the molecule is Cc1nc2c(=O)n(C)c(Nc3ccc(I)cc3F)c(COCNOCCO)c2o1. The monoisotopic (exact) mass is 518 g/mol. The predicted octanol–water partition coefficient (Wildman–Crippen LogP) is 2.31. The van der Waals surface area contributed by atoms with Crippen molar-refractivity contribution in [2.24, 2.45) is 7.05 Å². The highest BCUT2D eigenvalue weighted by atomic mass is 127. The molecule has 0 aliphatic heterocycles. The van der Waals surface area contributed by atoms with E-state index in [9.17, 15) is 9.18 Å². The van der Waals surface area contributed by atoms with Gasteiger partial charge in [-0.2, -0.15) is 5.48 Å². The van der Waals surface area contributed by atoms with E-state index >= 15 is 0 Å². The van der Waals surface area contributed by atoms with E-state index < -0.39 is 5.82 Å². The molecule has 3 rings (SSSR count). The molecule has 1 aromatic carbocycles. The molecule has 156 valence electrons. The molecular weight excluding hydrogens is 498 g/mol. The molecule has 0 atom stereocenters. The van der Waals surface area contributed by atoms with Gasteiger partial charge in [0.15, 0.2) is 17.0 Å². The molecule has 11 heteroatoms. The first-order valence-corrected chi connectivity index (χ1v) is 9.74. The number of aryl methyl sites for hydroxylation is 1. The van der Waals surface area contributed by atoms with E-state index in [1.165, 1.54) is 10.6 Å². The van der Waals surface area contributed by atoms with E-state index in [4.69, 9.17) is 19.1 Å². The molecule has 29 heavy (non-hydrogen) atoms. The molecule has 3 N–H and O–H groups in total. The second-order valence-electron chi connectivity index (χ2n) is 6.06. The zero-order valence-corrected chi connectivity index (χ0v) is 17.9. The van der Waals surface area contributed by atoms with Crippen LogP contribution in [-0.2, 0) is 23.2 Å². The van der Waals surface area contributed by atoms with E-state index in [0.717, 1.165) is 3.57 Å². The fraction of sp³-hybridized carbons (Fsp3) is 0.333. The van der Waals surface area contributed by atoms with Gasteiger partial charge in [-0.15, -0.1) is 0 Å². The summed E-state index contributed by atoms with van der Waals surface area (Å²) < 4.78 is 27.7. The summed E-state index contributed by atoms with van der Waals surface area (Å²) in [5, 5.41) is 11.7. The van der Waals surface area contributed by atoms with Gasteiger partial charge in [-0.3, -0.25) is 14.2 Å². The lowest BCUT2D eigenvalue weighted by Gasteiger charge is -2.17. The number of anilines is 2. The minimum atomic E-state index is -0.455. The van der Waals surface area contributed by atoms with E-state index in [1.54, 1.807) is 26.1 Å². The van der Waals surface area contributed by atoms with Gasteiger partial charge in [-0.05, 0) is 40.8 Å². The molecule has 3 aromatic rings. The summed E-state index contributed by atoms with van der Waals surface area (Å²) in [4.78, 5) is 21.8. The van der Waals surface area contributed by atoms with Crippen LogP contribution in [0.2, 0.25) is 0 Å². The molecule has 2 aromatic heterocycles. The molecule has 0 aliphatic carbocycles. The van der Waals surface area contributed by atoms with Crippen molar-refractivity contribution in [2.45, 2.75) is 13.5 Å². The molecule has 0 bridgehead atoms. The quantitative estimate of drug-likeness (QED) is 0.171. The van der Waals surface area contributed by atoms with Crippen molar-refractivity contribution in [3.05, 3.63) is 49.4 Å². The molecular formula is C18H20FIN4O5. The van der Waals surface area contributed by atoms with Crippen molar-refractivity contribution >= 4 is 45.2 Å². The maximum Gasteiger partial charge on any atom is 0.281 e. The Balaban J connectivity index is 1.97. The van der Waals surface area contributed by atoms with Gasteiger partial charge in [0.25, 0.3) is 5.56 Å². The minimum Gasteiger partial charge on any atom is -0.440 e. The maximum absolute atomic E-state index is 14.4. The summed E-state index contributed by atoms with van der Waals surface area (Å²) in [5.41, 5.74) is 3.32. The number of pyridine rings is 1. The Morgan fingerprint density at radius 2 is 2.21 bits per heavy atom. The van der Waals surface area contributed by atoms with Crippen LogP contribution in [0.4, 0.5) is 15.9 Å². The third kappa shape index (κ3) is 4.93. The van der Waals surface area contributed by atoms with Crippen LogP contribution in [0, 0.1) is 16.3 Å². The minimum absolute atomic E-state index is 0.0226. The van der Waals surface area contributed by atoms with Gasteiger partial charge in [0.1, 0.15) is 18.4 Å². The smallest absolute Gasteiger partial charge is 0.281 e. The van der Waals surface area contributed by atoms with Crippen molar-refractivity contribution in [3.63, 3.8) is 0 Å². The number of oxazole rings is 1. The van der Waals surface area contributed by atoms with Crippen molar-refractivity contribution in [3.8, 4) is 0 Å². The van der Waals surface area contributed by atoms with E-state index in [2.05, 4.69) is 15.8 Å². The Morgan fingerprint density at radius 1 is 1.41 bits per heavy atom. The number of fused-ring (bicyclic) bond motifs is 1. The Bertz CT molecular complexity index is 1070. The largest absolute Gasteiger partial charge is 0.440 e. The van der Waals surface area contributed by atoms with Gasteiger partial charge < -0.3 is 19.6 Å². The van der Waals surface area contributed by atoms with Crippen molar-refractivity contribution in [2.75, 3.05) is 25.3 Å². The highest BCUT2D eigenvalue weighted by Crippen LogP contribution is 2.29. The number of hydrogen-bond acceptors (Lipinski definition) is 8. The zero-order valence-electron chi connectivity index (χ0n) is 15.8.